The average Bonchev–Trinajstić information content (AvgIpc) is 2.75. The van der Waals surface area contributed by atoms with Gasteiger partial charge in [0.2, 0.25) is 0 Å². The molecule has 2 fully saturated rings. The Hall–Kier alpha value is -0.320. The second kappa shape index (κ2) is 5.14. The Morgan fingerprint density at radius 3 is 2.93 bits per heavy atom. The van der Waals surface area contributed by atoms with Gasteiger partial charge in [0.15, 0.2) is 0 Å². The zero-order chi connectivity index (χ0) is 10.0. The Morgan fingerprint density at radius 2 is 2.47 bits per heavy atom. The molecule has 0 aliphatic carbocycles. The number of carbonyl (C=O) groups is 1. The fourth-order valence-corrected chi connectivity index (χ4v) is 2.25. The van der Waals surface area contributed by atoms with E-state index in [0.29, 0.717) is 19.1 Å². The Bertz CT molecular complexity index is 227. The van der Waals surface area contributed by atoms with Crippen molar-refractivity contribution < 1.29 is 14.3 Å². The van der Waals surface area contributed by atoms with Gasteiger partial charge in [-0.2, -0.15) is 0 Å². The van der Waals surface area contributed by atoms with Crippen LogP contribution in [0.4, 0.5) is 0 Å². The van der Waals surface area contributed by atoms with Gasteiger partial charge in [0.25, 0.3) is 0 Å². The predicted molar refractivity (Wildman–Crippen MR) is 58.2 cm³/mol. The molecule has 88 valence electrons. The van der Waals surface area contributed by atoms with Gasteiger partial charge >= 0.3 is 5.97 Å². The van der Waals surface area contributed by atoms with Gasteiger partial charge in [-0.05, 0) is 19.8 Å². The van der Waals surface area contributed by atoms with Gasteiger partial charge in [-0.15, -0.1) is 12.4 Å². The van der Waals surface area contributed by atoms with Crippen molar-refractivity contribution in [1.29, 1.82) is 0 Å². The molecule has 1 N–H and O–H groups in total. The van der Waals surface area contributed by atoms with Crippen molar-refractivity contribution in [3.8, 4) is 0 Å². The van der Waals surface area contributed by atoms with Crippen LogP contribution in [0.1, 0.15) is 26.2 Å². The van der Waals surface area contributed by atoms with E-state index in [1.54, 1.807) is 0 Å². The first kappa shape index (κ1) is 12.7. The average molecular weight is 236 g/mol. The summed E-state index contributed by atoms with van der Waals surface area (Å²) in [5.74, 6) is -0.110. The molecule has 15 heavy (non-hydrogen) atoms. The minimum absolute atomic E-state index is 0. The van der Waals surface area contributed by atoms with E-state index < -0.39 is 0 Å². The first-order chi connectivity index (χ1) is 6.74. The summed E-state index contributed by atoms with van der Waals surface area (Å²) in [7, 11) is 0. The van der Waals surface area contributed by atoms with E-state index in [2.05, 4.69) is 5.32 Å². The molecule has 2 aliphatic rings. The van der Waals surface area contributed by atoms with Crippen LogP contribution >= 0.6 is 12.4 Å². The zero-order valence-electron chi connectivity index (χ0n) is 8.95. The van der Waals surface area contributed by atoms with Crippen molar-refractivity contribution in [2.24, 2.45) is 0 Å². The van der Waals surface area contributed by atoms with Crippen molar-refractivity contribution in [3.05, 3.63) is 0 Å². The molecule has 2 bridgehead atoms. The van der Waals surface area contributed by atoms with E-state index in [1.165, 1.54) is 0 Å². The summed E-state index contributed by atoms with van der Waals surface area (Å²) in [6.07, 6.45) is 2.31. The van der Waals surface area contributed by atoms with E-state index in [4.69, 9.17) is 9.47 Å². The van der Waals surface area contributed by atoms with Crippen molar-refractivity contribution in [2.45, 2.75) is 37.8 Å². The largest absolute Gasteiger partial charge is 0.466 e. The zero-order valence-corrected chi connectivity index (χ0v) is 9.77. The van der Waals surface area contributed by atoms with E-state index in [-0.39, 0.29) is 24.0 Å². The highest BCUT2D eigenvalue weighted by atomic mass is 35.5. The third kappa shape index (κ3) is 2.83. The van der Waals surface area contributed by atoms with Crippen LogP contribution in [0.15, 0.2) is 0 Å². The van der Waals surface area contributed by atoms with Crippen molar-refractivity contribution in [1.82, 2.24) is 5.32 Å². The van der Waals surface area contributed by atoms with Gasteiger partial charge in [-0.25, -0.2) is 0 Å². The number of fused-ring (bicyclic) bond motifs is 2. The van der Waals surface area contributed by atoms with Crippen LogP contribution in [-0.4, -0.2) is 37.4 Å². The van der Waals surface area contributed by atoms with Gasteiger partial charge in [-0.3, -0.25) is 4.79 Å². The van der Waals surface area contributed by atoms with E-state index in [9.17, 15) is 4.79 Å². The third-order valence-electron chi connectivity index (χ3n) is 3.01. The summed E-state index contributed by atoms with van der Waals surface area (Å²) < 4.78 is 10.6. The molecular formula is C10H18ClNO3. The van der Waals surface area contributed by atoms with Crippen molar-refractivity contribution in [3.63, 3.8) is 0 Å². The molecule has 0 radical (unpaired) electrons. The molecule has 0 saturated carbocycles. The standard InChI is InChI=1S/C10H17NO3.ClH/c1-2-13-9(12)3-4-10-5-8(6-14-10)11-7-10;/h8,11H,2-7H2,1H3;1H. The summed E-state index contributed by atoms with van der Waals surface area (Å²) in [5.41, 5.74) is -0.0720. The molecule has 0 aromatic heterocycles. The summed E-state index contributed by atoms with van der Waals surface area (Å²) in [5, 5.41) is 3.38. The van der Waals surface area contributed by atoms with Crippen LogP contribution in [0.2, 0.25) is 0 Å². The molecule has 0 spiro atoms. The van der Waals surface area contributed by atoms with E-state index in [1.807, 2.05) is 6.92 Å². The topological polar surface area (TPSA) is 47.6 Å². The van der Waals surface area contributed by atoms with Crippen LogP contribution in [0, 0.1) is 0 Å². The summed E-state index contributed by atoms with van der Waals surface area (Å²) in [4.78, 5) is 11.2. The molecule has 0 amide bonds. The van der Waals surface area contributed by atoms with Crippen molar-refractivity contribution >= 4 is 18.4 Å². The highest BCUT2D eigenvalue weighted by molar-refractivity contribution is 5.85. The Kier molecular flexibility index (Phi) is 4.37. The number of esters is 1. The van der Waals surface area contributed by atoms with Crippen LogP contribution in [0.5, 0.6) is 0 Å². The minimum atomic E-state index is -0.110. The normalized spacial score (nSPS) is 32.5. The second-order valence-electron chi connectivity index (χ2n) is 4.08. The lowest BCUT2D eigenvalue weighted by Gasteiger charge is -2.26. The Balaban J connectivity index is 0.00000112. The molecule has 4 nitrogen and oxygen atoms in total. The highest BCUT2D eigenvalue weighted by Crippen LogP contribution is 2.35. The number of hydrogen-bond acceptors (Lipinski definition) is 4. The second-order valence-corrected chi connectivity index (χ2v) is 4.08. The van der Waals surface area contributed by atoms with Crippen LogP contribution in [0.3, 0.4) is 0 Å². The Morgan fingerprint density at radius 1 is 1.67 bits per heavy atom. The van der Waals surface area contributed by atoms with Crippen LogP contribution in [-0.2, 0) is 14.3 Å². The van der Waals surface area contributed by atoms with Crippen molar-refractivity contribution in [2.75, 3.05) is 19.8 Å². The van der Waals surface area contributed by atoms with Gasteiger partial charge in [0.1, 0.15) is 0 Å². The smallest absolute Gasteiger partial charge is 0.305 e. The Labute approximate surface area is 96.1 Å². The first-order valence-electron chi connectivity index (χ1n) is 5.27. The first-order valence-corrected chi connectivity index (χ1v) is 5.27. The van der Waals surface area contributed by atoms with Gasteiger partial charge in [-0.1, -0.05) is 0 Å². The maximum absolute atomic E-state index is 11.2. The fraction of sp³-hybridized carbons (Fsp3) is 0.900. The lowest BCUT2D eigenvalue weighted by atomic mass is 9.97. The lowest BCUT2D eigenvalue weighted by molar-refractivity contribution is -0.144. The SMILES string of the molecule is CCOC(=O)CCC12CNC(CO1)C2.Cl. The van der Waals surface area contributed by atoms with Gasteiger partial charge in [0, 0.05) is 19.0 Å². The molecule has 2 unspecified atom stereocenters. The maximum atomic E-state index is 11.2. The van der Waals surface area contributed by atoms with E-state index in [0.717, 1.165) is 26.0 Å². The summed E-state index contributed by atoms with van der Waals surface area (Å²) in [6.45, 7) is 3.98. The number of morpholine rings is 1. The molecular weight excluding hydrogens is 218 g/mol. The monoisotopic (exact) mass is 235 g/mol. The molecule has 5 heteroatoms. The predicted octanol–water partition coefficient (Wildman–Crippen LogP) is 0.882. The molecule has 2 rings (SSSR count). The molecule has 0 aromatic rings. The van der Waals surface area contributed by atoms with E-state index >= 15 is 0 Å². The molecule has 2 aliphatic heterocycles. The molecule has 0 aromatic carbocycles. The number of hydrogen-bond donors (Lipinski definition) is 1. The lowest BCUT2D eigenvalue weighted by Crippen LogP contribution is -2.39. The number of carbonyl (C=O) groups excluding carboxylic acids is 1. The maximum Gasteiger partial charge on any atom is 0.305 e. The third-order valence-corrected chi connectivity index (χ3v) is 3.01. The number of nitrogens with one attached hydrogen (secondary N) is 1. The number of halogens is 1. The van der Waals surface area contributed by atoms with Crippen LogP contribution in [0.25, 0.3) is 0 Å². The minimum Gasteiger partial charge on any atom is -0.466 e. The quantitative estimate of drug-likeness (QED) is 0.735. The van der Waals surface area contributed by atoms with Crippen LogP contribution < -0.4 is 5.32 Å². The highest BCUT2D eigenvalue weighted by Gasteiger charge is 2.45. The summed E-state index contributed by atoms with van der Waals surface area (Å²) in [6, 6.07) is 0.511. The number of ether oxygens (including phenoxy) is 2. The number of rotatable bonds is 4. The summed E-state index contributed by atoms with van der Waals surface area (Å²) >= 11 is 0. The fourth-order valence-electron chi connectivity index (χ4n) is 2.25. The van der Waals surface area contributed by atoms with Gasteiger partial charge in [0.05, 0.1) is 18.8 Å². The molecule has 2 heterocycles. The molecule has 2 atom stereocenters. The molecule has 2 saturated heterocycles. The van der Waals surface area contributed by atoms with Gasteiger partial charge < -0.3 is 14.8 Å².